The van der Waals surface area contributed by atoms with E-state index in [4.69, 9.17) is 5.11 Å². The maximum atomic E-state index is 13.1. The van der Waals surface area contributed by atoms with Crippen LogP contribution in [-0.4, -0.2) is 30.3 Å². The SMILES string of the molecule is Cc1ccc(Cn2c(Nc3ccc4c(c3)SC(=O)C4)nc(=O)n(CCC(=O)O)c2=O)cc1. The van der Waals surface area contributed by atoms with Gasteiger partial charge < -0.3 is 10.4 Å². The van der Waals surface area contributed by atoms with E-state index < -0.39 is 17.3 Å². The van der Waals surface area contributed by atoms with Gasteiger partial charge in [-0.2, -0.15) is 4.98 Å². The number of carboxylic acids is 1. The molecule has 1 aliphatic heterocycles. The van der Waals surface area contributed by atoms with E-state index in [9.17, 15) is 19.2 Å². The zero-order valence-corrected chi connectivity index (χ0v) is 18.0. The molecule has 3 aromatic rings. The van der Waals surface area contributed by atoms with Gasteiger partial charge in [0.25, 0.3) is 0 Å². The second-order valence-electron chi connectivity index (χ2n) is 7.47. The summed E-state index contributed by atoms with van der Waals surface area (Å²) in [6.45, 7) is 1.82. The van der Waals surface area contributed by atoms with E-state index in [0.29, 0.717) is 12.1 Å². The van der Waals surface area contributed by atoms with E-state index in [2.05, 4.69) is 10.3 Å². The standard InChI is InChI=1S/C22H20N4O5S/c1-13-2-4-14(5-3-13)12-26-20(24-21(30)25(22(26)31)9-8-18(27)28)23-16-7-6-15-10-19(29)32-17(15)11-16/h2-7,11H,8-10,12H2,1H3,(H,27,28)(H,23,24,30). The second-order valence-corrected chi connectivity index (χ2v) is 8.57. The van der Waals surface area contributed by atoms with E-state index >= 15 is 0 Å². The molecule has 0 unspecified atom stereocenters. The Kier molecular flexibility index (Phi) is 5.95. The van der Waals surface area contributed by atoms with Crippen molar-refractivity contribution in [2.24, 2.45) is 0 Å². The number of anilines is 2. The smallest absolute Gasteiger partial charge is 0.354 e. The molecular formula is C22H20N4O5S. The van der Waals surface area contributed by atoms with Crippen molar-refractivity contribution in [3.05, 3.63) is 80.1 Å². The first-order chi connectivity index (χ1) is 15.3. The lowest BCUT2D eigenvalue weighted by molar-refractivity contribution is -0.137. The monoisotopic (exact) mass is 452 g/mol. The number of hydrogen-bond acceptors (Lipinski definition) is 7. The van der Waals surface area contributed by atoms with Crippen LogP contribution in [0.2, 0.25) is 0 Å². The third-order valence-electron chi connectivity index (χ3n) is 5.04. The Morgan fingerprint density at radius 2 is 1.88 bits per heavy atom. The number of carboxylic acid groups (broad SMARTS) is 1. The van der Waals surface area contributed by atoms with Gasteiger partial charge in [-0.05, 0) is 30.2 Å². The number of aromatic nitrogens is 3. The van der Waals surface area contributed by atoms with Crippen molar-refractivity contribution in [2.45, 2.75) is 37.8 Å². The van der Waals surface area contributed by atoms with E-state index in [1.165, 1.54) is 4.57 Å². The van der Waals surface area contributed by atoms with Gasteiger partial charge in [-0.3, -0.25) is 14.2 Å². The fourth-order valence-electron chi connectivity index (χ4n) is 3.36. The summed E-state index contributed by atoms with van der Waals surface area (Å²) in [5, 5.41) is 12.0. The van der Waals surface area contributed by atoms with Gasteiger partial charge >= 0.3 is 17.3 Å². The Morgan fingerprint density at radius 3 is 2.59 bits per heavy atom. The zero-order valence-electron chi connectivity index (χ0n) is 17.2. The number of rotatable bonds is 7. The Bertz CT molecular complexity index is 1330. The van der Waals surface area contributed by atoms with E-state index in [1.54, 1.807) is 12.1 Å². The molecule has 4 rings (SSSR count). The third-order valence-corrected chi connectivity index (χ3v) is 6.01. The Hall–Kier alpha value is -3.66. The fourth-order valence-corrected chi connectivity index (χ4v) is 4.29. The average Bonchev–Trinajstić information content (AvgIpc) is 3.11. The molecule has 2 aromatic carbocycles. The normalized spacial score (nSPS) is 12.6. The van der Waals surface area contributed by atoms with Crippen molar-refractivity contribution in [3.8, 4) is 0 Å². The highest BCUT2D eigenvalue weighted by Gasteiger charge is 2.20. The predicted molar refractivity (Wildman–Crippen MR) is 120 cm³/mol. The first-order valence-electron chi connectivity index (χ1n) is 9.90. The van der Waals surface area contributed by atoms with Crippen molar-refractivity contribution in [3.63, 3.8) is 0 Å². The van der Waals surface area contributed by atoms with Crippen molar-refractivity contribution in [1.29, 1.82) is 0 Å². The van der Waals surface area contributed by atoms with E-state index in [-0.39, 0.29) is 30.6 Å². The number of nitrogens with one attached hydrogen (secondary N) is 1. The number of carbonyl (C=O) groups excluding carboxylic acids is 1. The van der Waals surface area contributed by atoms with Crippen LogP contribution in [0.1, 0.15) is 23.1 Å². The van der Waals surface area contributed by atoms with Gasteiger partial charge in [0.2, 0.25) is 5.95 Å². The highest BCUT2D eigenvalue weighted by molar-refractivity contribution is 8.14. The molecule has 1 aromatic heterocycles. The number of hydrogen-bond donors (Lipinski definition) is 2. The topological polar surface area (TPSA) is 123 Å². The van der Waals surface area contributed by atoms with Crippen LogP contribution in [0.25, 0.3) is 0 Å². The lowest BCUT2D eigenvalue weighted by Gasteiger charge is -2.16. The molecule has 10 heteroatoms. The van der Waals surface area contributed by atoms with Gasteiger partial charge in [0.1, 0.15) is 0 Å². The van der Waals surface area contributed by atoms with Crippen LogP contribution in [0.3, 0.4) is 0 Å². The maximum absolute atomic E-state index is 13.1. The van der Waals surface area contributed by atoms with Crippen molar-refractivity contribution in [1.82, 2.24) is 14.1 Å². The molecule has 0 spiro atoms. The van der Waals surface area contributed by atoms with Crippen LogP contribution < -0.4 is 16.7 Å². The number of carbonyl (C=O) groups is 2. The number of aryl methyl sites for hydroxylation is 1. The largest absolute Gasteiger partial charge is 0.481 e. The van der Waals surface area contributed by atoms with Crippen LogP contribution in [-0.2, 0) is 29.1 Å². The average molecular weight is 452 g/mol. The van der Waals surface area contributed by atoms with Gasteiger partial charge in [-0.25, -0.2) is 14.2 Å². The van der Waals surface area contributed by atoms with Crippen LogP contribution in [0, 0.1) is 6.92 Å². The highest BCUT2D eigenvalue weighted by Crippen LogP contribution is 2.34. The molecule has 32 heavy (non-hydrogen) atoms. The summed E-state index contributed by atoms with van der Waals surface area (Å²) in [7, 11) is 0. The first kappa shape index (κ1) is 21.6. The molecule has 0 aliphatic carbocycles. The van der Waals surface area contributed by atoms with Gasteiger partial charge in [-0.15, -0.1) is 0 Å². The Labute approximate surface area is 186 Å². The molecule has 2 N–H and O–H groups in total. The molecule has 0 saturated heterocycles. The summed E-state index contributed by atoms with van der Waals surface area (Å²) in [6.07, 6.45) is 0.000488. The highest BCUT2D eigenvalue weighted by atomic mass is 32.2. The summed E-state index contributed by atoms with van der Waals surface area (Å²) in [4.78, 5) is 53.1. The molecule has 164 valence electrons. The zero-order chi connectivity index (χ0) is 22.8. The number of thioether (sulfide) groups is 1. The third kappa shape index (κ3) is 4.65. The van der Waals surface area contributed by atoms with Crippen molar-refractivity contribution in [2.75, 3.05) is 5.32 Å². The molecule has 0 atom stereocenters. The number of nitrogens with zero attached hydrogens (tertiary/aromatic N) is 3. The molecule has 0 fully saturated rings. The van der Waals surface area contributed by atoms with E-state index in [0.717, 1.165) is 37.9 Å². The van der Waals surface area contributed by atoms with Crippen molar-refractivity contribution < 1.29 is 14.7 Å². The molecular weight excluding hydrogens is 432 g/mol. The minimum Gasteiger partial charge on any atom is -0.481 e. The predicted octanol–water partition coefficient (Wildman–Crippen LogP) is 2.15. The van der Waals surface area contributed by atoms with Crippen LogP contribution in [0.5, 0.6) is 0 Å². The quantitative estimate of drug-likeness (QED) is 0.559. The molecule has 0 saturated carbocycles. The summed E-state index contributed by atoms with van der Waals surface area (Å²) in [5.74, 6) is -1.07. The summed E-state index contributed by atoms with van der Waals surface area (Å²) < 4.78 is 2.13. The van der Waals surface area contributed by atoms with Crippen LogP contribution in [0.15, 0.2) is 56.9 Å². The summed E-state index contributed by atoms with van der Waals surface area (Å²) in [5.41, 5.74) is 1.91. The van der Waals surface area contributed by atoms with E-state index in [1.807, 2.05) is 37.3 Å². The lowest BCUT2D eigenvalue weighted by atomic mass is 10.1. The summed E-state index contributed by atoms with van der Waals surface area (Å²) >= 11 is 1.15. The number of aliphatic carboxylic acids is 1. The molecule has 1 aliphatic rings. The Morgan fingerprint density at radius 1 is 1.12 bits per heavy atom. The second kappa shape index (κ2) is 8.83. The molecule has 0 radical (unpaired) electrons. The van der Waals surface area contributed by atoms with Gasteiger partial charge in [-0.1, -0.05) is 47.7 Å². The molecule has 2 heterocycles. The van der Waals surface area contributed by atoms with Gasteiger partial charge in [0.05, 0.1) is 13.0 Å². The fraction of sp³-hybridized carbons (Fsp3) is 0.227. The van der Waals surface area contributed by atoms with Crippen LogP contribution >= 0.6 is 11.8 Å². The van der Waals surface area contributed by atoms with Crippen LogP contribution in [0.4, 0.5) is 11.6 Å². The van der Waals surface area contributed by atoms with Gasteiger partial charge in [0, 0.05) is 23.5 Å². The minimum absolute atomic E-state index is 0.0430. The number of benzene rings is 2. The number of fused-ring (bicyclic) bond motifs is 1. The molecule has 9 nitrogen and oxygen atoms in total. The molecule has 0 bridgehead atoms. The van der Waals surface area contributed by atoms with Crippen molar-refractivity contribution >= 4 is 34.5 Å². The maximum Gasteiger partial charge on any atom is 0.354 e. The Balaban J connectivity index is 1.74. The van der Waals surface area contributed by atoms with Gasteiger partial charge in [0.15, 0.2) is 5.12 Å². The lowest BCUT2D eigenvalue weighted by Crippen LogP contribution is -2.43. The first-order valence-corrected chi connectivity index (χ1v) is 10.7. The molecule has 0 amide bonds. The minimum atomic E-state index is -1.12. The summed E-state index contributed by atoms with van der Waals surface area (Å²) in [6, 6.07) is 12.9.